The summed E-state index contributed by atoms with van der Waals surface area (Å²) in [6.45, 7) is 0.0620. The summed E-state index contributed by atoms with van der Waals surface area (Å²) in [5.41, 5.74) is 2.34. The van der Waals surface area contributed by atoms with Gasteiger partial charge in [-0.2, -0.15) is 0 Å². The lowest BCUT2D eigenvalue weighted by Crippen LogP contribution is -2.34. The van der Waals surface area contributed by atoms with Gasteiger partial charge in [-0.3, -0.25) is 14.5 Å². The first-order valence-electron chi connectivity index (χ1n) is 10.1. The first kappa shape index (κ1) is 21.2. The largest absolute Gasteiger partial charge is 0.493 e. The van der Waals surface area contributed by atoms with E-state index in [0.717, 1.165) is 15.8 Å². The average Bonchev–Trinajstić information content (AvgIpc) is 3.29. The zero-order chi connectivity index (χ0) is 22.8. The van der Waals surface area contributed by atoms with Gasteiger partial charge in [0.05, 0.1) is 32.9 Å². The number of fused-ring (bicyclic) bond motifs is 1. The lowest BCUT2D eigenvalue weighted by molar-refractivity contribution is -0.130. The number of amides is 4. The molecule has 1 aromatic heterocycles. The van der Waals surface area contributed by atoms with Gasteiger partial charge in [0.15, 0.2) is 11.5 Å². The Kier molecular flexibility index (Phi) is 5.72. The third kappa shape index (κ3) is 3.96. The number of hydrogen-bond donors (Lipinski definition) is 2. The smallest absolute Gasteiger partial charge is 0.325 e. The number of nitrogens with zero attached hydrogens (tertiary/aromatic N) is 2. The SMILES string of the molecule is COc1ccc(CN2C(=O)N[C@@H](CC(=O)Nc3cccc4c3ccn4C)C2=O)cc1OC. The van der Waals surface area contributed by atoms with Crippen LogP contribution in [0.3, 0.4) is 0 Å². The monoisotopic (exact) mass is 436 g/mol. The van der Waals surface area contributed by atoms with E-state index in [1.54, 1.807) is 24.3 Å². The summed E-state index contributed by atoms with van der Waals surface area (Å²) in [4.78, 5) is 38.9. The molecule has 1 saturated heterocycles. The first-order valence-corrected chi connectivity index (χ1v) is 10.1. The molecule has 0 radical (unpaired) electrons. The number of urea groups is 1. The van der Waals surface area contributed by atoms with Crippen LogP contribution in [0.25, 0.3) is 10.9 Å². The van der Waals surface area contributed by atoms with Crippen LogP contribution in [0.2, 0.25) is 0 Å². The number of hydrogen-bond acceptors (Lipinski definition) is 5. The summed E-state index contributed by atoms with van der Waals surface area (Å²) >= 11 is 0. The molecule has 32 heavy (non-hydrogen) atoms. The van der Waals surface area contributed by atoms with Crippen LogP contribution >= 0.6 is 0 Å². The van der Waals surface area contributed by atoms with E-state index in [4.69, 9.17) is 9.47 Å². The van der Waals surface area contributed by atoms with Gasteiger partial charge in [-0.25, -0.2) is 4.79 Å². The zero-order valence-corrected chi connectivity index (χ0v) is 18.0. The molecule has 3 aromatic rings. The number of imide groups is 1. The fourth-order valence-corrected chi connectivity index (χ4v) is 3.82. The van der Waals surface area contributed by atoms with E-state index in [2.05, 4.69) is 10.6 Å². The number of aryl methyl sites for hydroxylation is 1. The van der Waals surface area contributed by atoms with Crippen molar-refractivity contribution in [3.8, 4) is 11.5 Å². The second-order valence-electron chi connectivity index (χ2n) is 7.53. The summed E-state index contributed by atoms with van der Waals surface area (Å²) in [6.07, 6.45) is 1.75. The minimum atomic E-state index is -0.919. The van der Waals surface area contributed by atoms with Crippen molar-refractivity contribution >= 4 is 34.4 Å². The molecule has 9 nitrogen and oxygen atoms in total. The van der Waals surface area contributed by atoms with Crippen molar-refractivity contribution in [2.75, 3.05) is 19.5 Å². The number of aromatic nitrogens is 1. The van der Waals surface area contributed by atoms with Crippen molar-refractivity contribution in [1.29, 1.82) is 0 Å². The molecular weight excluding hydrogens is 412 g/mol. The van der Waals surface area contributed by atoms with E-state index in [0.29, 0.717) is 22.7 Å². The standard InChI is InChI=1S/C23H24N4O5/c1-26-10-9-15-16(5-4-6-18(15)26)24-21(28)12-17-22(29)27(23(30)25-17)13-14-7-8-19(31-2)20(11-14)32-3/h4-11,17H,12-13H2,1-3H3,(H,24,28)(H,25,30)/t17-/m0/s1. The maximum absolute atomic E-state index is 12.8. The van der Waals surface area contributed by atoms with Crippen LogP contribution in [-0.2, 0) is 23.2 Å². The third-order valence-corrected chi connectivity index (χ3v) is 5.49. The Balaban J connectivity index is 1.43. The number of carbonyl (C=O) groups is 3. The maximum Gasteiger partial charge on any atom is 0.325 e. The highest BCUT2D eigenvalue weighted by molar-refractivity contribution is 6.08. The number of benzene rings is 2. The third-order valence-electron chi connectivity index (χ3n) is 5.49. The molecule has 0 unspecified atom stereocenters. The Bertz CT molecular complexity index is 1200. The van der Waals surface area contributed by atoms with Crippen LogP contribution in [0, 0.1) is 0 Å². The molecule has 0 bridgehead atoms. The van der Waals surface area contributed by atoms with Gasteiger partial charge in [-0.1, -0.05) is 12.1 Å². The molecule has 0 aliphatic carbocycles. The number of carbonyl (C=O) groups excluding carboxylic acids is 3. The van der Waals surface area contributed by atoms with E-state index in [9.17, 15) is 14.4 Å². The van der Waals surface area contributed by atoms with Crippen LogP contribution in [-0.4, -0.2) is 47.6 Å². The summed E-state index contributed by atoms with van der Waals surface area (Å²) in [6, 6.07) is 11.2. The number of methoxy groups -OCH3 is 2. The molecule has 2 aromatic carbocycles. The molecule has 0 saturated carbocycles. The second kappa shape index (κ2) is 8.62. The lowest BCUT2D eigenvalue weighted by atomic mass is 10.1. The molecule has 1 aliphatic heterocycles. The molecule has 166 valence electrons. The summed E-state index contributed by atoms with van der Waals surface area (Å²) in [5, 5.41) is 6.35. The van der Waals surface area contributed by atoms with Gasteiger partial charge in [-0.05, 0) is 35.9 Å². The zero-order valence-electron chi connectivity index (χ0n) is 18.0. The van der Waals surface area contributed by atoms with Gasteiger partial charge in [0.1, 0.15) is 6.04 Å². The van der Waals surface area contributed by atoms with Crippen molar-refractivity contribution in [3.05, 3.63) is 54.2 Å². The first-order chi connectivity index (χ1) is 15.4. The quantitative estimate of drug-likeness (QED) is 0.555. The average molecular weight is 436 g/mol. The Morgan fingerprint density at radius 2 is 1.88 bits per heavy atom. The molecule has 4 rings (SSSR count). The highest BCUT2D eigenvalue weighted by Crippen LogP contribution is 2.29. The summed E-state index contributed by atoms with van der Waals surface area (Å²) in [7, 11) is 4.97. The van der Waals surface area contributed by atoms with Gasteiger partial charge in [0.25, 0.3) is 5.91 Å². The van der Waals surface area contributed by atoms with Gasteiger partial charge in [0, 0.05) is 24.1 Å². The van der Waals surface area contributed by atoms with Crippen molar-refractivity contribution in [3.63, 3.8) is 0 Å². The lowest BCUT2D eigenvalue weighted by Gasteiger charge is -2.15. The molecule has 1 aliphatic rings. The molecule has 1 atom stereocenters. The van der Waals surface area contributed by atoms with E-state index >= 15 is 0 Å². The summed E-state index contributed by atoms with van der Waals surface area (Å²) in [5.74, 6) is 0.255. The number of ether oxygens (including phenoxy) is 2. The molecule has 0 spiro atoms. The van der Waals surface area contributed by atoms with Crippen molar-refractivity contribution < 1.29 is 23.9 Å². The minimum absolute atomic E-state index is 0.0620. The molecule has 2 N–H and O–H groups in total. The van der Waals surface area contributed by atoms with Crippen LogP contribution in [0.4, 0.5) is 10.5 Å². The molecule has 1 fully saturated rings. The van der Waals surface area contributed by atoms with Crippen LogP contribution in [0.5, 0.6) is 11.5 Å². The Labute approximate surface area is 184 Å². The van der Waals surface area contributed by atoms with E-state index in [1.807, 2.05) is 36.0 Å². The van der Waals surface area contributed by atoms with Gasteiger partial charge in [0.2, 0.25) is 5.91 Å². The minimum Gasteiger partial charge on any atom is -0.493 e. The number of anilines is 1. The predicted molar refractivity (Wildman–Crippen MR) is 119 cm³/mol. The molecular formula is C23H24N4O5. The maximum atomic E-state index is 12.8. The Morgan fingerprint density at radius 3 is 2.62 bits per heavy atom. The van der Waals surface area contributed by atoms with Crippen LogP contribution < -0.4 is 20.1 Å². The predicted octanol–water partition coefficient (Wildman–Crippen LogP) is 2.64. The Hall–Kier alpha value is -4.01. The molecule has 4 amide bonds. The van der Waals surface area contributed by atoms with E-state index in [-0.39, 0.29) is 18.9 Å². The van der Waals surface area contributed by atoms with Crippen molar-refractivity contribution in [2.24, 2.45) is 7.05 Å². The highest BCUT2D eigenvalue weighted by Gasteiger charge is 2.39. The van der Waals surface area contributed by atoms with Crippen LogP contribution in [0.1, 0.15) is 12.0 Å². The van der Waals surface area contributed by atoms with Gasteiger partial charge < -0.3 is 24.7 Å². The summed E-state index contributed by atoms with van der Waals surface area (Å²) < 4.78 is 12.4. The number of rotatable bonds is 7. The highest BCUT2D eigenvalue weighted by atomic mass is 16.5. The Morgan fingerprint density at radius 1 is 1.09 bits per heavy atom. The topological polar surface area (TPSA) is 102 Å². The molecule has 2 heterocycles. The molecule has 9 heteroatoms. The number of nitrogens with one attached hydrogen (secondary N) is 2. The van der Waals surface area contributed by atoms with E-state index in [1.165, 1.54) is 14.2 Å². The normalized spacial score (nSPS) is 15.7. The second-order valence-corrected chi connectivity index (χ2v) is 7.53. The van der Waals surface area contributed by atoms with Crippen molar-refractivity contribution in [1.82, 2.24) is 14.8 Å². The van der Waals surface area contributed by atoms with E-state index < -0.39 is 18.0 Å². The van der Waals surface area contributed by atoms with Gasteiger partial charge in [-0.15, -0.1) is 0 Å². The van der Waals surface area contributed by atoms with Crippen LogP contribution in [0.15, 0.2) is 48.7 Å². The van der Waals surface area contributed by atoms with Gasteiger partial charge >= 0.3 is 6.03 Å². The van der Waals surface area contributed by atoms with Crippen molar-refractivity contribution in [2.45, 2.75) is 19.0 Å². The fourth-order valence-electron chi connectivity index (χ4n) is 3.82. The fraction of sp³-hybridized carbons (Fsp3) is 0.261.